The van der Waals surface area contributed by atoms with Crippen LogP contribution >= 0.6 is 0 Å². The number of hydrogen-bond acceptors (Lipinski definition) is 2. The molecule has 0 aliphatic heterocycles. The van der Waals surface area contributed by atoms with E-state index in [9.17, 15) is 4.79 Å². The number of ether oxygens (including phenoxy) is 1. The van der Waals surface area contributed by atoms with Crippen molar-refractivity contribution in [2.45, 2.75) is 53.4 Å². The maximum Gasteiger partial charge on any atom is 0.308 e. The van der Waals surface area contributed by atoms with Crippen LogP contribution in [0.5, 0.6) is 0 Å². The molecule has 0 aromatic rings. The molecule has 0 rings (SSSR count). The van der Waals surface area contributed by atoms with E-state index in [0.717, 1.165) is 25.7 Å². The van der Waals surface area contributed by atoms with Gasteiger partial charge in [0.05, 0.1) is 13.0 Å². The summed E-state index contributed by atoms with van der Waals surface area (Å²) >= 11 is 0. The number of allylic oxidation sites excluding steroid dienone is 4. The molecule has 0 fully saturated rings. The Labute approximate surface area is 106 Å². The Morgan fingerprint density at radius 3 is 2.35 bits per heavy atom. The first-order chi connectivity index (χ1) is 7.97. The van der Waals surface area contributed by atoms with Gasteiger partial charge in [-0.2, -0.15) is 0 Å². The van der Waals surface area contributed by atoms with Gasteiger partial charge in [0.2, 0.25) is 0 Å². The molecule has 0 N–H and O–H groups in total. The molecule has 98 valence electrons. The minimum atomic E-state index is -0.111. The summed E-state index contributed by atoms with van der Waals surface area (Å²) in [7, 11) is 1.44. The van der Waals surface area contributed by atoms with Gasteiger partial charge in [-0.15, -0.1) is 0 Å². The largest absolute Gasteiger partial charge is 0.469 e. The van der Waals surface area contributed by atoms with Crippen LogP contribution in [-0.2, 0) is 9.53 Å². The molecule has 1 unspecified atom stereocenters. The van der Waals surface area contributed by atoms with E-state index in [1.165, 1.54) is 18.3 Å². The van der Waals surface area contributed by atoms with Gasteiger partial charge in [-0.05, 0) is 46.5 Å². The molecule has 0 amide bonds. The predicted molar refractivity (Wildman–Crippen MR) is 72.8 cm³/mol. The molecule has 17 heavy (non-hydrogen) atoms. The second-order valence-electron chi connectivity index (χ2n) is 4.87. The van der Waals surface area contributed by atoms with Gasteiger partial charge in [0.1, 0.15) is 0 Å². The summed E-state index contributed by atoms with van der Waals surface area (Å²) in [5.41, 5.74) is 2.77. The fraction of sp³-hybridized carbons (Fsp3) is 0.667. The lowest BCUT2D eigenvalue weighted by molar-refractivity contribution is -0.144. The molecule has 0 aliphatic carbocycles. The molecular formula is C15H26O2. The SMILES string of the molecule is COC(=O)C(C)CC/C=C(\C)CCC=C(C)C. The zero-order chi connectivity index (χ0) is 13.3. The van der Waals surface area contributed by atoms with Gasteiger partial charge in [-0.25, -0.2) is 0 Å². The summed E-state index contributed by atoms with van der Waals surface area (Å²) in [5.74, 6) is -0.109. The van der Waals surface area contributed by atoms with Crippen molar-refractivity contribution in [3.8, 4) is 0 Å². The third-order valence-corrected chi connectivity index (χ3v) is 2.79. The molecule has 2 heteroatoms. The van der Waals surface area contributed by atoms with E-state index >= 15 is 0 Å². The first-order valence-electron chi connectivity index (χ1n) is 6.34. The number of carbonyl (C=O) groups excluding carboxylic acids is 1. The number of methoxy groups -OCH3 is 1. The van der Waals surface area contributed by atoms with E-state index in [0.29, 0.717) is 0 Å². The van der Waals surface area contributed by atoms with Crippen molar-refractivity contribution >= 4 is 5.97 Å². The summed E-state index contributed by atoms with van der Waals surface area (Å²) < 4.78 is 4.69. The van der Waals surface area contributed by atoms with E-state index in [4.69, 9.17) is 4.74 Å². The molecular weight excluding hydrogens is 212 g/mol. The van der Waals surface area contributed by atoms with Crippen LogP contribution in [0.15, 0.2) is 23.3 Å². The third-order valence-electron chi connectivity index (χ3n) is 2.79. The quantitative estimate of drug-likeness (QED) is 0.489. The smallest absolute Gasteiger partial charge is 0.308 e. The van der Waals surface area contributed by atoms with Crippen LogP contribution in [0.3, 0.4) is 0 Å². The Morgan fingerprint density at radius 1 is 1.18 bits per heavy atom. The predicted octanol–water partition coefficient (Wildman–Crippen LogP) is 4.27. The molecule has 0 heterocycles. The van der Waals surface area contributed by atoms with Crippen LogP contribution in [0.1, 0.15) is 53.4 Å². The number of carbonyl (C=O) groups is 1. The Balaban J connectivity index is 3.84. The van der Waals surface area contributed by atoms with Crippen molar-refractivity contribution in [1.82, 2.24) is 0 Å². The van der Waals surface area contributed by atoms with Gasteiger partial charge in [0.15, 0.2) is 0 Å². The van der Waals surface area contributed by atoms with Gasteiger partial charge in [0.25, 0.3) is 0 Å². The van der Waals surface area contributed by atoms with E-state index in [1.54, 1.807) is 0 Å². The van der Waals surface area contributed by atoms with Gasteiger partial charge in [-0.1, -0.05) is 30.2 Å². The van der Waals surface area contributed by atoms with E-state index in [-0.39, 0.29) is 11.9 Å². The van der Waals surface area contributed by atoms with Gasteiger partial charge in [-0.3, -0.25) is 4.79 Å². The lowest BCUT2D eigenvalue weighted by Crippen LogP contribution is -2.11. The standard InChI is InChI=1S/C15H26O2/c1-12(2)8-6-9-13(3)10-7-11-14(4)15(16)17-5/h8,10,14H,6-7,9,11H2,1-5H3/b13-10+. The molecule has 0 aromatic carbocycles. The minimum absolute atomic E-state index is 0.00170. The van der Waals surface area contributed by atoms with Crippen molar-refractivity contribution < 1.29 is 9.53 Å². The first-order valence-corrected chi connectivity index (χ1v) is 6.34. The highest BCUT2D eigenvalue weighted by atomic mass is 16.5. The Hall–Kier alpha value is -1.05. The highest BCUT2D eigenvalue weighted by Crippen LogP contribution is 2.12. The summed E-state index contributed by atoms with van der Waals surface area (Å²) in [6.07, 6.45) is 8.53. The molecule has 1 atom stereocenters. The van der Waals surface area contributed by atoms with Crippen molar-refractivity contribution in [3.63, 3.8) is 0 Å². The molecule has 0 aliphatic rings. The van der Waals surface area contributed by atoms with Crippen molar-refractivity contribution in [3.05, 3.63) is 23.3 Å². The molecule has 2 nitrogen and oxygen atoms in total. The van der Waals surface area contributed by atoms with Crippen LogP contribution < -0.4 is 0 Å². The maximum absolute atomic E-state index is 11.2. The fourth-order valence-corrected chi connectivity index (χ4v) is 1.59. The van der Waals surface area contributed by atoms with Crippen LogP contribution in [0.25, 0.3) is 0 Å². The zero-order valence-electron chi connectivity index (χ0n) is 11.9. The highest BCUT2D eigenvalue weighted by molar-refractivity contribution is 5.71. The van der Waals surface area contributed by atoms with Gasteiger partial charge >= 0.3 is 5.97 Å². The lowest BCUT2D eigenvalue weighted by atomic mass is 10.0. The van der Waals surface area contributed by atoms with Crippen molar-refractivity contribution in [2.75, 3.05) is 7.11 Å². The normalized spacial score (nSPS) is 13.1. The van der Waals surface area contributed by atoms with Gasteiger partial charge < -0.3 is 4.74 Å². The molecule has 0 saturated heterocycles. The fourth-order valence-electron chi connectivity index (χ4n) is 1.59. The third kappa shape index (κ3) is 8.73. The van der Waals surface area contributed by atoms with E-state index in [1.807, 2.05) is 6.92 Å². The topological polar surface area (TPSA) is 26.3 Å². The van der Waals surface area contributed by atoms with E-state index in [2.05, 4.69) is 32.9 Å². The summed E-state index contributed by atoms with van der Waals surface area (Å²) in [5, 5.41) is 0. The summed E-state index contributed by atoms with van der Waals surface area (Å²) in [4.78, 5) is 11.2. The lowest BCUT2D eigenvalue weighted by Gasteiger charge is -2.07. The number of esters is 1. The molecule has 0 bridgehead atoms. The first kappa shape index (κ1) is 16.0. The number of rotatable bonds is 7. The van der Waals surface area contributed by atoms with Crippen molar-refractivity contribution in [2.24, 2.45) is 5.92 Å². The van der Waals surface area contributed by atoms with Crippen LogP contribution in [0.2, 0.25) is 0 Å². The average Bonchev–Trinajstić information content (AvgIpc) is 2.27. The minimum Gasteiger partial charge on any atom is -0.469 e. The molecule has 0 saturated carbocycles. The average molecular weight is 238 g/mol. The Bertz CT molecular complexity index is 283. The zero-order valence-corrected chi connectivity index (χ0v) is 11.9. The summed E-state index contributed by atoms with van der Waals surface area (Å²) in [6, 6.07) is 0. The van der Waals surface area contributed by atoms with Crippen LogP contribution in [-0.4, -0.2) is 13.1 Å². The Morgan fingerprint density at radius 2 is 1.82 bits per heavy atom. The molecule has 0 radical (unpaired) electrons. The monoisotopic (exact) mass is 238 g/mol. The highest BCUT2D eigenvalue weighted by Gasteiger charge is 2.11. The molecule has 0 aromatic heterocycles. The van der Waals surface area contributed by atoms with Crippen molar-refractivity contribution in [1.29, 1.82) is 0 Å². The van der Waals surface area contributed by atoms with E-state index < -0.39 is 0 Å². The van der Waals surface area contributed by atoms with Gasteiger partial charge in [0, 0.05) is 0 Å². The summed E-state index contributed by atoms with van der Waals surface area (Å²) in [6.45, 7) is 8.31. The van der Waals surface area contributed by atoms with Crippen LogP contribution in [0, 0.1) is 5.92 Å². The molecule has 0 spiro atoms. The second kappa shape index (κ2) is 9.03. The van der Waals surface area contributed by atoms with Crippen LogP contribution in [0.4, 0.5) is 0 Å². The number of hydrogen-bond donors (Lipinski definition) is 0. The second-order valence-corrected chi connectivity index (χ2v) is 4.87. The Kier molecular flexibility index (Phi) is 8.47. The maximum atomic E-state index is 11.2.